The number of benzene rings is 2. The van der Waals surface area contributed by atoms with Gasteiger partial charge in [0.1, 0.15) is 5.75 Å². The summed E-state index contributed by atoms with van der Waals surface area (Å²) < 4.78 is 28.0. The number of methoxy groups -OCH3 is 1. The molecule has 148 valence electrons. The smallest absolute Gasteiger partial charge is 0.213 e. The molecule has 0 atom stereocenters. The number of sulfonamides is 1. The molecule has 0 aliphatic heterocycles. The predicted octanol–water partition coefficient (Wildman–Crippen LogP) is 4.75. The summed E-state index contributed by atoms with van der Waals surface area (Å²) in [7, 11) is -1.83. The predicted molar refractivity (Wildman–Crippen MR) is 113 cm³/mol. The van der Waals surface area contributed by atoms with Crippen LogP contribution in [-0.2, 0) is 15.8 Å². The van der Waals surface area contributed by atoms with Gasteiger partial charge in [-0.2, -0.15) is 0 Å². The van der Waals surface area contributed by atoms with Crippen LogP contribution in [-0.4, -0.2) is 15.5 Å². The van der Waals surface area contributed by atoms with Crippen LogP contribution in [0.2, 0.25) is 0 Å². The Bertz CT molecular complexity index is 983. The number of primary sulfonamides is 1. The number of nitrogens with two attached hydrogens (primary N) is 1. The molecule has 1 saturated carbocycles. The van der Waals surface area contributed by atoms with Crippen molar-refractivity contribution in [3.05, 3.63) is 65.2 Å². The maximum atomic E-state index is 11.4. The average molecular weight is 398 g/mol. The molecule has 28 heavy (non-hydrogen) atoms. The molecular weight excluding hydrogens is 370 g/mol. The molecule has 2 aliphatic carbocycles. The van der Waals surface area contributed by atoms with E-state index in [1.807, 2.05) is 36.4 Å². The van der Waals surface area contributed by atoms with Crippen molar-refractivity contribution < 1.29 is 13.2 Å². The van der Waals surface area contributed by atoms with E-state index < -0.39 is 10.0 Å². The average Bonchev–Trinajstić information content (AvgIpc) is 3.28. The van der Waals surface area contributed by atoms with Crippen molar-refractivity contribution in [2.75, 3.05) is 7.11 Å². The van der Waals surface area contributed by atoms with Crippen molar-refractivity contribution in [1.82, 2.24) is 0 Å². The Morgan fingerprint density at radius 1 is 0.893 bits per heavy atom. The zero-order valence-electron chi connectivity index (χ0n) is 16.3. The lowest BCUT2D eigenvalue weighted by molar-refractivity contribution is 0.330. The van der Waals surface area contributed by atoms with Gasteiger partial charge in [0.15, 0.2) is 0 Å². The van der Waals surface area contributed by atoms with Gasteiger partial charge in [-0.05, 0) is 71.1 Å². The van der Waals surface area contributed by atoms with E-state index in [0.29, 0.717) is 5.41 Å². The van der Waals surface area contributed by atoms with Gasteiger partial charge in [-0.1, -0.05) is 49.2 Å². The second kappa shape index (κ2) is 7.37. The molecule has 4 nitrogen and oxygen atoms in total. The topological polar surface area (TPSA) is 69.4 Å². The van der Waals surface area contributed by atoms with Crippen LogP contribution >= 0.6 is 0 Å². The normalized spacial score (nSPS) is 18.8. The quantitative estimate of drug-likeness (QED) is 0.792. The minimum absolute atomic E-state index is 0.123. The third-order valence-electron chi connectivity index (χ3n) is 6.24. The number of ether oxygens (including phenoxy) is 1. The summed E-state index contributed by atoms with van der Waals surface area (Å²) in [6.07, 6.45) is 7.43. The summed E-state index contributed by atoms with van der Waals surface area (Å²) in [5.41, 5.74) is 6.38. The maximum absolute atomic E-state index is 11.4. The highest BCUT2D eigenvalue weighted by molar-refractivity contribution is 7.88. The number of hydrogen-bond acceptors (Lipinski definition) is 3. The van der Waals surface area contributed by atoms with E-state index >= 15 is 0 Å². The second-order valence-electron chi connectivity index (χ2n) is 8.25. The molecule has 0 saturated heterocycles. The molecule has 2 aromatic carbocycles. The molecule has 1 spiro atoms. The van der Waals surface area contributed by atoms with Crippen molar-refractivity contribution >= 4 is 21.2 Å². The van der Waals surface area contributed by atoms with Gasteiger partial charge in [0.2, 0.25) is 10.0 Å². The molecule has 0 radical (unpaired) electrons. The van der Waals surface area contributed by atoms with Crippen LogP contribution in [0, 0.1) is 5.41 Å². The summed E-state index contributed by atoms with van der Waals surface area (Å²) in [5.74, 6) is 0.744. The fourth-order valence-electron chi connectivity index (χ4n) is 4.88. The molecule has 2 N–H and O–H groups in total. The number of allylic oxidation sites excluding steroid dienone is 2. The van der Waals surface area contributed by atoms with Gasteiger partial charge < -0.3 is 4.74 Å². The Morgan fingerprint density at radius 2 is 1.39 bits per heavy atom. The van der Waals surface area contributed by atoms with Crippen molar-refractivity contribution in [1.29, 1.82) is 0 Å². The zero-order chi connectivity index (χ0) is 19.8. The highest BCUT2D eigenvalue weighted by Crippen LogP contribution is 2.57. The third-order valence-corrected chi connectivity index (χ3v) is 6.98. The van der Waals surface area contributed by atoms with Crippen molar-refractivity contribution in [3.8, 4) is 5.75 Å². The fraction of sp³-hybridized carbons (Fsp3) is 0.391. The van der Waals surface area contributed by atoms with Gasteiger partial charge in [-0.25, -0.2) is 13.6 Å². The summed E-state index contributed by atoms with van der Waals surface area (Å²) in [5, 5.41) is 5.18. The monoisotopic (exact) mass is 397 g/mol. The lowest BCUT2D eigenvalue weighted by atomic mass is 9.81. The van der Waals surface area contributed by atoms with E-state index in [9.17, 15) is 8.42 Å². The zero-order valence-corrected chi connectivity index (χ0v) is 17.1. The van der Waals surface area contributed by atoms with E-state index in [2.05, 4.69) is 12.1 Å². The minimum Gasteiger partial charge on any atom is -0.497 e. The summed E-state index contributed by atoms with van der Waals surface area (Å²) in [6, 6.07) is 16.2. The largest absolute Gasteiger partial charge is 0.497 e. The lowest BCUT2D eigenvalue weighted by Crippen LogP contribution is -2.14. The molecule has 0 unspecified atom stereocenters. The van der Waals surface area contributed by atoms with Crippen molar-refractivity contribution in [2.24, 2.45) is 10.6 Å². The SMILES string of the molecule is COc1ccc(C2=C(c3ccc(CS(N)(=O)=O)cc3)CC3(CCCC3)C2)cc1. The molecule has 4 rings (SSSR count). The third kappa shape index (κ3) is 4.01. The molecule has 2 aliphatic rings. The van der Waals surface area contributed by atoms with Crippen LogP contribution in [0.4, 0.5) is 0 Å². The Morgan fingerprint density at radius 3 is 1.86 bits per heavy atom. The molecule has 0 heterocycles. The molecule has 0 bridgehead atoms. The summed E-state index contributed by atoms with van der Waals surface area (Å²) in [4.78, 5) is 0. The van der Waals surface area contributed by atoms with Crippen LogP contribution < -0.4 is 9.88 Å². The Kier molecular flexibility index (Phi) is 5.06. The summed E-state index contributed by atoms with van der Waals surface area (Å²) in [6.45, 7) is 0. The highest BCUT2D eigenvalue weighted by Gasteiger charge is 2.41. The van der Waals surface area contributed by atoms with Crippen LogP contribution in [0.25, 0.3) is 11.1 Å². The van der Waals surface area contributed by atoms with Crippen LogP contribution in [0.5, 0.6) is 5.75 Å². The first-order valence-electron chi connectivity index (χ1n) is 9.84. The van der Waals surface area contributed by atoms with E-state index in [0.717, 1.165) is 24.2 Å². The van der Waals surface area contributed by atoms with Gasteiger partial charge >= 0.3 is 0 Å². The Balaban J connectivity index is 1.70. The van der Waals surface area contributed by atoms with Gasteiger partial charge in [0.25, 0.3) is 0 Å². The summed E-state index contributed by atoms with van der Waals surface area (Å²) >= 11 is 0. The fourth-order valence-corrected chi connectivity index (χ4v) is 5.54. The minimum atomic E-state index is -3.51. The van der Waals surface area contributed by atoms with Crippen molar-refractivity contribution in [2.45, 2.75) is 44.3 Å². The van der Waals surface area contributed by atoms with Crippen LogP contribution in [0.1, 0.15) is 55.2 Å². The Labute approximate surface area is 167 Å². The van der Waals surface area contributed by atoms with E-state index in [1.165, 1.54) is 48.0 Å². The van der Waals surface area contributed by atoms with E-state index in [4.69, 9.17) is 9.88 Å². The molecule has 1 fully saturated rings. The molecule has 0 aromatic heterocycles. The van der Waals surface area contributed by atoms with Crippen LogP contribution in [0.3, 0.4) is 0 Å². The molecule has 2 aromatic rings. The van der Waals surface area contributed by atoms with Gasteiger partial charge in [0.05, 0.1) is 12.9 Å². The van der Waals surface area contributed by atoms with Gasteiger partial charge in [-0.15, -0.1) is 0 Å². The van der Waals surface area contributed by atoms with Crippen LogP contribution in [0.15, 0.2) is 48.5 Å². The highest BCUT2D eigenvalue weighted by atomic mass is 32.2. The first-order valence-corrected chi connectivity index (χ1v) is 11.6. The first kappa shape index (κ1) is 19.2. The first-order chi connectivity index (χ1) is 13.4. The van der Waals surface area contributed by atoms with Gasteiger partial charge in [0, 0.05) is 0 Å². The number of rotatable bonds is 5. The molecular formula is C23H27NO3S. The number of hydrogen-bond donors (Lipinski definition) is 1. The second-order valence-corrected chi connectivity index (χ2v) is 9.86. The molecule has 5 heteroatoms. The standard InChI is InChI=1S/C23H27NO3S/c1-27-20-10-8-19(9-11-20)22-15-23(12-2-3-13-23)14-21(22)18-6-4-17(5-7-18)16-28(24,25)26/h4-11H,2-3,12-16H2,1H3,(H2,24,25,26). The van der Waals surface area contributed by atoms with Crippen molar-refractivity contribution in [3.63, 3.8) is 0 Å². The van der Waals surface area contributed by atoms with Gasteiger partial charge in [-0.3, -0.25) is 0 Å². The maximum Gasteiger partial charge on any atom is 0.213 e. The Hall–Kier alpha value is -2.11. The molecule has 0 amide bonds. The lowest BCUT2D eigenvalue weighted by Gasteiger charge is -2.23. The van der Waals surface area contributed by atoms with E-state index in [1.54, 1.807) is 7.11 Å². The van der Waals surface area contributed by atoms with E-state index in [-0.39, 0.29) is 5.75 Å².